The fraction of sp³-hybridized carbons (Fsp3) is 0.367. The van der Waals surface area contributed by atoms with Crippen LogP contribution in [0, 0.1) is 12.7 Å². The molecule has 8 heteroatoms. The highest BCUT2D eigenvalue weighted by Gasteiger charge is 2.46. The van der Waals surface area contributed by atoms with Gasteiger partial charge < -0.3 is 4.74 Å². The minimum atomic E-state index is -3.42. The lowest BCUT2D eigenvalue weighted by molar-refractivity contribution is 0.0973. The summed E-state index contributed by atoms with van der Waals surface area (Å²) in [7, 11) is -3.42. The molecule has 4 aromatic rings. The largest absolute Gasteiger partial charge is 0.381 e. The van der Waals surface area contributed by atoms with Crippen molar-refractivity contribution in [2.24, 2.45) is 0 Å². The molecular weight excluding hydrogens is 501 g/mol. The van der Waals surface area contributed by atoms with Crippen LogP contribution in [-0.2, 0) is 26.6 Å². The number of halogens is 1. The molecule has 1 atom stereocenters. The van der Waals surface area contributed by atoms with E-state index in [9.17, 15) is 12.8 Å². The van der Waals surface area contributed by atoms with Crippen LogP contribution in [0.4, 0.5) is 4.39 Å². The van der Waals surface area contributed by atoms with E-state index in [1.54, 1.807) is 16.4 Å². The van der Waals surface area contributed by atoms with E-state index >= 15 is 0 Å². The summed E-state index contributed by atoms with van der Waals surface area (Å²) in [6, 6.07) is 21.0. The monoisotopic (exact) mass is 533 g/mol. The zero-order valence-electron chi connectivity index (χ0n) is 21.5. The molecule has 2 aliphatic heterocycles. The minimum Gasteiger partial charge on any atom is -0.381 e. The van der Waals surface area contributed by atoms with Crippen molar-refractivity contribution in [3.8, 4) is 5.69 Å². The average molecular weight is 534 g/mol. The van der Waals surface area contributed by atoms with E-state index in [2.05, 4.69) is 36.3 Å². The summed E-state index contributed by atoms with van der Waals surface area (Å²) in [5.41, 5.74) is 4.84. The molecule has 0 radical (unpaired) electrons. The first-order valence-electron chi connectivity index (χ1n) is 13.2. The smallest absolute Gasteiger partial charge is 0.217 e. The number of hydrogen-bond acceptors (Lipinski definition) is 4. The second-order valence-electron chi connectivity index (χ2n) is 10.6. The van der Waals surface area contributed by atoms with E-state index < -0.39 is 10.0 Å². The van der Waals surface area contributed by atoms with Crippen molar-refractivity contribution >= 4 is 20.9 Å². The van der Waals surface area contributed by atoms with E-state index in [0.29, 0.717) is 39.1 Å². The number of sulfonamides is 1. The number of rotatable bonds is 6. The Morgan fingerprint density at radius 2 is 1.79 bits per heavy atom. The molecule has 6 nitrogen and oxygen atoms in total. The average Bonchev–Trinajstić information content (AvgIpc) is 3.55. The van der Waals surface area contributed by atoms with Crippen LogP contribution >= 0.6 is 0 Å². The summed E-state index contributed by atoms with van der Waals surface area (Å²) in [5.74, 6) is -0.284. The van der Waals surface area contributed by atoms with Crippen molar-refractivity contribution in [2.75, 3.05) is 26.3 Å². The number of aryl methyl sites for hydroxylation is 1. The maximum atomic E-state index is 13.7. The molecular formula is C30H32FN3O3S. The number of benzene rings is 3. The van der Waals surface area contributed by atoms with Crippen LogP contribution in [0.25, 0.3) is 16.6 Å². The maximum Gasteiger partial charge on any atom is 0.217 e. The first-order chi connectivity index (χ1) is 18.4. The van der Waals surface area contributed by atoms with Crippen molar-refractivity contribution in [3.63, 3.8) is 0 Å². The van der Waals surface area contributed by atoms with Crippen LogP contribution in [0.1, 0.15) is 36.0 Å². The number of fused-ring (bicyclic) bond motifs is 1. The van der Waals surface area contributed by atoms with Crippen molar-refractivity contribution in [2.45, 2.75) is 43.3 Å². The first-order valence-corrected chi connectivity index (χ1v) is 14.7. The summed E-state index contributed by atoms with van der Waals surface area (Å²) in [4.78, 5) is 0. The van der Waals surface area contributed by atoms with Gasteiger partial charge in [0.05, 0.1) is 22.7 Å². The Labute approximate surface area is 223 Å². The van der Waals surface area contributed by atoms with Gasteiger partial charge in [0.25, 0.3) is 0 Å². The molecule has 0 bridgehead atoms. The molecule has 1 unspecified atom stereocenters. The number of nitrogens with zero attached hydrogens (tertiary/aromatic N) is 3. The van der Waals surface area contributed by atoms with Crippen LogP contribution in [0.2, 0.25) is 0 Å². The van der Waals surface area contributed by atoms with Crippen molar-refractivity contribution in [1.82, 2.24) is 14.1 Å². The third-order valence-electron chi connectivity index (χ3n) is 8.21. The third-order valence-corrected chi connectivity index (χ3v) is 10.6. The molecule has 1 aromatic heterocycles. The van der Waals surface area contributed by atoms with Gasteiger partial charge in [-0.3, -0.25) is 0 Å². The van der Waals surface area contributed by atoms with Gasteiger partial charge in [0, 0.05) is 37.1 Å². The second-order valence-corrected chi connectivity index (χ2v) is 12.9. The Hall–Kier alpha value is -3.07. The Morgan fingerprint density at radius 1 is 1.05 bits per heavy atom. The predicted molar refractivity (Wildman–Crippen MR) is 147 cm³/mol. The summed E-state index contributed by atoms with van der Waals surface area (Å²) in [6.07, 6.45) is 4.45. The van der Waals surface area contributed by atoms with Gasteiger partial charge in [0.1, 0.15) is 5.82 Å². The molecule has 0 spiro atoms. The van der Waals surface area contributed by atoms with Gasteiger partial charge in [0.15, 0.2) is 0 Å². The number of aromatic nitrogens is 2. The van der Waals surface area contributed by atoms with Gasteiger partial charge in [-0.05, 0) is 85.7 Å². The molecule has 0 saturated carbocycles. The zero-order valence-corrected chi connectivity index (χ0v) is 22.3. The van der Waals surface area contributed by atoms with Gasteiger partial charge in [-0.2, -0.15) is 5.10 Å². The molecule has 3 aromatic carbocycles. The molecule has 0 amide bonds. The summed E-state index contributed by atoms with van der Waals surface area (Å²) < 4.78 is 49.8. The fourth-order valence-electron chi connectivity index (χ4n) is 6.22. The highest BCUT2D eigenvalue weighted by Crippen LogP contribution is 2.42. The Bertz CT molecular complexity index is 1550. The van der Waals surface area contributed by atoms with Gasteiger partial charge in [-0.25, -0.2) is 21.8 Å². The van der Waals surface area contributed by atoms with Crippen LogP contribution < -0.4 is 0 Å². The lowest BCUT2D eigenvalue weighted by Crippen LogP contribution is -2.42. The Kier molecular flexibility index (Phi) is 6.58. The fourth-order valence-corrected chi connectivity index (χ4v) is 8.20. The van der Waals surface area contributed by atoms with E-state index in [0.717, 1.165) is 40.6 Å². The maximum absolute atomic E-state index is 13.7. The highest BCUT2D eigenvalue weighted by molar-refractivity contribution is 7.89. The summed E-state index contributed by atoms with van der Waals surface area (Å²) in [6.45, 7) is 4.07. The molecule has 6 rings (SSSR count). The molecule has 3 heterocycles. The van der Waals surface area contributed by atoms with Crippen LogP contribution in [0.15, 0.2) is 72.9 Å². The van der Waals surface area contributed by atoms with Gasteiger partial charge >= 0.3 is 0 Å². The standard InChI is InChI=1S/C30H32FN3O3S/c1-22-17-29-24(20-32-34(29)26-9-7-25(31)8-10-26)18-28(22)30(19-23-5-3-2-4-6-23)13-14-33(21-30)38(35,36)27-11-15-37-16-12-27/h2-10,17-18,20,27H,11-16,19,21H2,1H3. The topological polar surface area (TPSA) is 64.4 Å². The zero-order chi connectivity index (χ0) is 26.3. The van der Waals surface area contributed by atoms with E-state index in [-0.39, 0.29) is 16.5 Å². The van der Waals surface area contributed by atoms with E-state index in [4.69, 9.17) is 4.74 Å². The van der Waals surface area contributed by atoms with Gasteiger partial charge in [-0.15, -0.1) is 0 Å². The van der Waals surface area contributed by atoms with Crippen LogP contribution in [0.3, 0.4) is 0 Å². The lowest BCUT2D eigenvalue weighted by Gasteiger charge is -2.33. The molecule has 198 valence electrons. The van der Waals surface area contributed by atoms with E-state index in [1.807, 2.05) is 29.1 Å². The van der Waals surface area contributed by atoms with Gasteiger partial charge in [0.2, 0.25) is 10.0 Å². The molecule has 2 aliphatic rings. The molecule has 2 fully saturated rings. The van der Waals surface area contributed by atoms with Crippen molar-refractivity contribution in [3.05, 3.63) is 95.4 Å². The van der Waals surface area contributed by atoms with Crippen molar-refractivity contribution in [1.29, 1.82) is 0 Å². The third kappa shape index (κ3) is 4.55. The van der Waals surface area contributed by atoms with Crippen LogP contribution in [-0.4, -0.2) is 54.1 Å². The van der Waals surface area contributed by atoms with Gasteiger partial charge in [-0.1, -0.05) is 30.3 Å². The van der Waals surface area contributed by atoms with E-state index in [1.165, 1.54) is 17.7 Å². The molecule has 38 heavy (non-hydrogen) atoms. The molecule has 0 N–H and O–H groups in total. The Balaban J connectivity index is 1.41. The molecule has 0 aliphatic carbocycles. The normalized spacial score (nSPS) is 21.3. The number of ether oxygens (including phenoxy) is 1. The summed E-state index contributed by atoms with van der Waals surface area (Å²) in [5, 5.41) is 5.21. The van der Waals surface area contributed by atoms with Crippen molar-refractivity contribution < 1.29 is 17.5 Å². The second kappa shape index (κ2) is 9.91. The highest BCUT2D eigenvalue weighted by atomic mass is 32.2. The predicted octanol–water partition coefficient (Wildman–Crippen LogP) is 5.17. The quantitative estimate of drug-likeness (QED) is 0.343. The Morgan fingerprint density at radius 3 is 2.53 bits per heavy atom. The summed E-state index contributed by atoms with van der Waals surface area (Å²) >= 11 is 0. The number of hydrogen-bond donors (Lipinski definition) is 0. The minimum absolute atomic E-state index is 0.284. The SMILES string of the molecule is Cc1cc2c(cnn2-c2ccc(F)cc2)cc1C1(Cc2ccccc2)CCN(S(=O)(=O)C2CCOCC2)C1. The van der Waals surface area contributed by atoms with Crippen LogP contribution in [0.5, 0.6) is 0 Å². The first kappa shape index (κ1) is 25.2. The molecule has 2 saturated heterocycles. The lowest BCUT2D eigenvalue weighted by atomic mass is 9.73.